The number of ether oxygens (including phenoxy) is 1. The zero-order valence-electron chi connectivity index (χ0n) is 8.34. The van der Waals surface area contributed by atoms with Crippen LogP contribution in [0.4, 0.5) is 4.79 Å². The summed E-state index contributed by atoms with van der Waals surface area (Å²) in [5.74, 6) is 0.387. The van der Waals surface area contributed by atoms with E-state index < -0.39 is 11.7 Å². The lowest BCUT2D eigenvalue weighted by Crippen LogP contribution is -2.38. The molecule has 2 amide bonds. The van der Waals surface area contributed by atoms with Gasteiger partial charge in [-0.1, -0.05) is 13.3 Å². The van der Waals surface area contributed by atoms with Crippen molar-refractivity contribution < 1.29 is 14.3 Å². The minimum absolute atomic E-state index is 0.239. The van der Waals surface area contributed by atoms with Crippen LogP contribution in [0, 0.1) is 5.92 Å². The van der Waals surface area contributed by atoms with E-state index in [1.54, 1.807) is 0 Å². The molecule has 4 nitrogen and oxygen atoms in total. The number of hydrogen-bond acceptors (Lipinski definition) is 3. The molecule has 0 aromatic carbocycles. The largest absolute Gasteiger partial charge is 0.432 e. The first-order valence-corrected chi connectivity index (χ1v) is 5.17. The van der Waals surface area contributed by atoms with E-state index in [-0.39, 0.29) is 5.91 Å². The molecule has 1 saturated carbocycles. The van der Waals surface area contributed by atoms with E-state index in [0.29, 0.717) is 18.8 Å². The fraction of sp³-hybridized carbons (Fsp3) is 0.800. The second kappa shape index (κ2) is 3.26. The van der Waals surface area contributed by atoms with Crippen molar-refractivity contribution in [3.8, 4) is 0 Å². The molecule has 1 heterocycles. The highest BCUT2D eigenvalue weighted by Crippen LogP contribution is 2.35. The number of hydrogen-bond donors (Lipinski definition) is 1. The van der Waals surface area contributed by atoms with E-state index in [1.807, 2.05) is 0 Å². The Bertz CT molecular complexity index is 277. The van der Waals surface area contributed by atoms with E-state index >= 15 is 0 Å². The Kier molecular flexibility index (Phi) is 2.21. The van der Waals surface area contributed by atoms with E-state index in [0.717, 1.165) is 19.3 Å². The van der Waals surface area contributed by atoms with Gasteiger partial charge in [0.2, 0.25) is 0 Å². The predicted octanol–water partition coefficient (Wildman–Crippen LogP) is 1.59. The summed E-state index contributed by atoms with van der Waals surface area (Å²) in [5, 5.41) is 2.22. The second-order valence-corrected chi connectivity index (χ2v) is 4.37. The number of imide groups is 1. The zero-order valence-corrected chi connectivity index (χ0v) is 8.34. The first-order chi connectivity index (χ1) is 6.62. The molecule has 78 valence electrons. The molecular formula is C10H15NO3. The lowest BCUT2D eigenvalue weighted by Gasteiger charge is -2.21. The number of carbonyl (C=O) groups is 2. The standard InChI is InChI=1S/C10H15NO3/c1-7-3-2-5-10(6-4-7)8(12)11-9(13)14-10/h7H,2-6H2,1H3,(H,11,12,13). The first kappa shape index (κ1) is 9.49. The van der Waals surface area contributed by atoms with Crippen LogP contribution in [0.3, 0.4) is 0 Å². The average Bonchev–Trinajstić information content (AvgIpc) is 2.31. The van der Waals surface area contributed by atoms with Crippen molar-refractivity contribution in [2.45, 2.75) is 44.6 Å². The van der Waals surface area contributed by atoms with Crippen LogP contribution < -0.4 is 5.32 Å². The normalized spacial score (nSPS) is 37.9. The molecule has 1 N–H and O–H groups in total. The van der Waals surface area contributed by atoms with Crippen LogP contribution in [-0.2, 0) is 9.53 Å². The Morgan fingerprint density at radius 2 is 2.14 bits per heavy atom. The highest BCUT2D eigenvalue weighted by Gasteiger charge is 2.48. The van der Waals surface area contributed by atoms with Crippen molar-refractivity contribution in [3.63, 3.8) is 0 Å². The molecular weight excluding hydrogens is 182 g/mol. The van der Waals surface area contributed by atoms with Gasteiger partial charge in [0.15, 0.2) is 5.60 Å². The molecule has 2 atom stereocenters. The Hall–Kier alpha value is -1.06. The molecule has 2 unspecified atom stereocenters. The topological polar surface area (TPSA) is 55.4 Å². The number of alkyl carbamates (subject to hydrolysis) is 1. The highest BCUT2D eigenvalue weighted by molar-refractivity contribution is 6.02. The Labute approximate surface area is 83.0 Å². The molecule has 2 rings (SSSR count). The fourth-order valence-electron chi connectivity index (χ4n) is 2.27. The van der Waals surface area contributed by atoms with Gasteiger partial charge in [-0.05, 0) is 31.6 Å². The summed E-state index contributed by atoms with van der Waals surface area (Å²) < 4.78 is 5.13. The van der Waals surface area contributed by atoms with Gasteiger partial charge in [0.1, 0.15) is 0 Å². The van der Waals surface area contributed by atoms with Crippen molar-refractivity contribution in [2.24, 2.45) is 5.92 Å². The van der Waals surface area contributed by atoms with Gasteiger partial charge >= 0.3 is 6.09 Å². The van der Waals surface area contributed by atoms with Crippen LogP contribution in [0.25, 0.3) is 0 Å². The van der Waals surface area contributed by atoms with Crippen LogP contribution in [0.1, 0.15) is 39.0 Å². The monoisotopic (exact) mass is 197 g/mol. The second-order valence-electron chi connectivity index (χ2n) is 4.37. The fourth-order valence-corrected chi connectivity index (χ4v) is 2.27. The molecule has 2 fully saturated rings. The molecule has 1 spiro atoms. The van der Waals surface area contributed by atoms with E-state index in [2.05, 4.69) is 12.2 Å². The highest BCUT2D eigenvalue weighted by atomic mass is 16.6. The maximum Gasteiger partial charge on any atom is 0.415 e. The summed E-state index contributed by atoms with van der Waals surface area (Å²) in [6.45, 7) is 2.17. The summed E-state index contributed by atoms with van der Waals surface area (Å²) in [6.07, 6.45) is 3.81. The summed E-state index contributed by atoms with van der Waals surface area (Å²) in [7, 11) is 0. The predicted molar refractivity (Wildman–Crippen MR) is 49.6 cm³/mol. The van der Waals surface area contributed by atoms with E-state index in [1.165, 1.54) is 0 Å². The summed E-state index contributed by atoms with van der Waals surface area (Å²) in [5.41, 5.74) is -0.832. The molecule has 14 heavy (non-hydrogen) atoms. The molecule has 1 saturated heterocycles. The molecule has 0 aromatic rings. The van der Waals surface area contributed by atoms with Crippen LogP contribution >= 0.6 is 0 Å². The number of nitrogens with one attached hydrogen (secondary N) is 1. The third kappa shape index (κ3) is 1.49. The maximum absolute atomic E-state index is 11.6. The van der Waals surface area contributed by atoms with Crippen LogP contribution in [0.15, 0.2) is 0 Å². The summed E-state index contributed by atoms with van der Waals surface area (Å²) >= 11 is 0. The third-order valence-corrected chi connectivity index (χ3v) is 3.24. The smallest absolute Gasteiger partial charge is 0.415 e. The molecule has 4 heteroatoms. The van der Waals surface area contributed by atoms with Crippen molar-refractivity contribution in [1.29, 1.82) is 0 Å². The van der Waals surface area contributed by atoms with Crippen molar-refractivity contribution in [3.05, 3.63) is 0 Å². The molecule has 2 aliphatic rings. The van der Waals surface area contributed by atoms with Gasteiger partial charge in [-0.2, -0.15) is 0 Å². The van der Waals surface area contributed by atoms with Crippen molar-refractivity contribution in [2.75, 3.05) is 0 Å². The minimum atomic E-state index is -0.832. The van der Waals surface area contributed by atoms with Crippen LogP contribution in [-0.4, -0.2) is 17.6 Å². The number of rotatable bonds is 0. The molecule has 1 aliphatic carbocycles. The van der Waals surface area contributed by atoms with Gasteiger partial charge in [0.05, 0.1) is 0 Å². The van der Waals surface area contributed by atoms with Gasteiger partial charge in [-0.25, -0.2) is 4.79 Å². The molecule has 0 radical (unpaired) electrons. The lowest BCUT2D eigenvalue weighted by atomic mass is 9.93. The van der Waals surface area contributed by atoms with Gasteiger partial charge in [0, 0.05) is 0 Å². The summed E-state index contributed by atoms with van der Waals surface area (Å²) in [4.78, 5) is 22.5. The number of carbonyl (C=O) groups excluding carboxylic acids is 2. The molecule has 0 bridgehead atoms. The van der Waals surface area contributed by atoms with Gasteiger partial charge in [-0.15, -0.1) is 0 Å². The van der Waals surface area contributed by atoms with Crippen LogP contribution in [0.2, 0.25) is 0 Å². The Balaban J connectivity index is 2.15. The third-order valence-electron chi connectivity index (χ3n) is 3.24. The van der Waals surface area contributed by atoms with Crippen molar-refractivity contribution >= 4 is 12.0 Å². The Morgan fingerprint density at radius 1 is 1.36 bits per heavy atom. The molecule has 0 aromatic heterocycles. The molecule has 1 aliphatic heterocycles. The zero-order chi connectivity index (χ0) is 10.2. The van der Waals surface area contributed by atoms with Gasteiger partial charge in [0.25, 0.3) is 5.91 Å². The van der Waals surface area contributed by atoms with E-state index in [9.17, 15) is 9.59 Å². The first-order valence-electron chi connectivity index (χ1n) is 5.17. The van der Waals surface area contributed by atoms with Gasteiger partial charge in [-0.3, -0.25) is 10.1 Å². The lowest BCUT2D eigenvalue weighted by molar-refractivity contribution is -0.132. The Morgan fingerprint density at radius 3 is 2.79 bits per heavy atom. The SMILES string of the molecule is CC1CCCC2(CC1)OC(=O)NC2=O. The van der Waals surface area contributed by atoms with Crippen molar-refractivity contribution in [1.82, 2.24) is 5.32 Å². The minimum Gasteiger partial charge on any atom is -0.432 e. The van der Waals surface area contributed by atoms with E-state index in [4.69, 9.17) is 4.74 Å². The number of amides is 2. The quantitative estimate of drug-likeness (QED) is 0.641. The summed E-state index contributed by atoms with van der Waals surface area (Å²) in [6, 6.07) is 0. The van der Waals surface area contributed by atoms with Gasteiger partial charge < -0.3 is 4.74 Å². The maximum atomic E-state index is 11.6. The average molecular weight is 197 g/mol. The van der Waals surface area contributed by atoms with Crippen LogP contribution in [0.5, 0.6) is 0 Å².